The second-order valence-corrected chi connectivity index (χ2v) is 5.31. The first-order valence-electron chi connectivity index (χ1n) is 6.89. The number of carbonyl (C=O) groups is 1. The van der Waals surface area contributed by atoms with Gasteiger partial charge in [-0.3, -0.25) is 4.79 Å². The molecule has 0 aromatic carbocycles. The summed E-state index contributed by atoms with van der Waals surface area (Å²) in [6.07, 6.45) is 6.93. The van der Waals surface area contributed by atoms with Crippen molar-refractivity contribution in [3.63, 3.8) is 0 Å². The molecule has 0 aromatic rings. The van der Waals surface area contributed by atoms with Crippen LogP contribution in [-0.4, -0.2) is 31.7 Å². The van der Waals surface area contributed by atoms with E-state index in [9.17, 15) is 4.79 Å². The molecule has 4 heteroatoms. The van der Waals surface area contributed by atoms with Crippen LogP contribution in [0, 0.1) is 11.8 Å². The highest BCUT2D eigenvalue weighted by Gasteiger charge is 2.28. The highest BCUT2D eigenvalue weighted by Crippen LogP contribution is 2.27. The summed E-state index contributed by atoms with van der Waals surface area (Å²) in [4.78, 5) is 12.1. The van der Waals surface area contributed by atoms with E-state index >= 15 is 0 Å². The number of carbonyl (C=O) groups excluding carboxylic acids is 1. The Bertz CT molecular complexity index is 246. The summed E-state index contributed by atoms with van der Waals surface area (Å²) in [6, 6.07) is 0.173. The molecular formula is C13H24N2O2. The van der Waals surface area contributed by atoms with E-state index in [1.165, 1.54) is 25.7 Å². The molecule has 17 heavy (non-hydrogen) atoms. The van der Waals surface area contributed by atoms with Gasteiger partial charge in [0, 0.05) is 19.2 Å². The second-order valence-electron chi connectivity index (χ2n) is 5.31. The molecule has 1 aliphatic carbocycles. The average Bonchev–Trinajstić information content (AvgIpc) is 2.90. The van der Waals surface area contributed by atoms with Crippen LogP contribution in [0.25, 0.3) is 0 Å². The van der Waals surface area contributed by atoms with E-state index in [1.807, 2.05) is 0 Å². The van der Waals surface area contributed by atoms with Crippen LogP contribution in [0.5, 0.6) is 0 Å². The third kappa shape index (κ3) is 3.42. The molecule has 1 aliphatic heterocycles. The fraction of sp³-hybridized carbons (Fsp3) is 0.923. The van der Waals surface area contributed by atoms with Crippen molar-refractivity contribution in [3.05, 3.63) is 0 Å². The van der Waals surface area contributed by atoms with E-state index in [0.717, 1.165) is 19.4 Å². The highest BCUT2D eigenvalue weighted by atomic mass is 16.5. The van der Waals surface area contributed by atoms with Gasteiger partial charge >= 0.3 is 0 Å². The van der Waals surface area contributed by atoms with Gasteiger partial charge in [0.15, 0.2) is 0 Å². The van der Waals surface area contributed by atoms with Gasteiger partial charge in [0.05, 0.1) is 12.5 Å². The lowest BCUT2D eigenvalue weighted by atomic mass is 9.96. The number of ether oxygens (including phenoxy) is 1. The lowest BCUT2D eigenvalue weighted by Gasteiger charge is -2.27. The van der Waals surface area contributed by atoms with Crippen LogP contribution < -0.4 is 11.1 Å². The van der Waals surface area contributed by atoms with Gasteiger partial charge < -0.3 is 15.8 Å². The van der Waals surface area contributed by atoms with E-state index < -0.39 is 0 Å². The first kappa shape index (κ1) is 12.8. The SMILES string of the molecule is NCC(NC(=O)C1CCCOC1)C1CCCC1. The van der Waals surface area contributed by atoms with Crippen LogP contribution in [0.2, 0.25) is 0 Å². The van der Waals surface area contributed by atoms with Crippen molar-refractivity contribution in [2.75, 3.05) is 19.8 Å². The maximum Gasteiger partial charge on any atom is 0.225 e. The molecule has 2 unspecified atom stereocenters. The largest absolute Gasteiger partial charge is 0.381 e. The predicted octanol–water partition coefficient (Wildman–Crippen LogP) is 1.05. The standard InChI is InChI=1S/C13H24N2O2/c14-8-12(10-4-1-2-5-10)15-13(16)11-6-3-7-17-9-11/h10-12H,1-9,14H2,(H,15,16). The molecule has 1 heterocycles. The molecule has 0 spiro atoms. The van der Waals surface area contributed by atoms with Crippen molar-refractivity contribution in [2.45, 2.75) is 44.6 Å². The molecule has 0 aromatic heterocycles. The van der Waals surface area contributed by atoms with Crippen molar-refractivity contribution in [2.24, 2.45) is 17.6 Å². The Morgan fingerprint density at radius 2 is 2.06 bits per heavy atom. The van der Waals surface area contributed by atoms with Gasteiger partial charge in [-0.15, -0.1) is 0 Å². The molecule has 1 saturated heterocycles. The van der Waals surface area contributed by atoms with Gasteiger partial charge in [-0.25, -0.2) is 0 Å². The van der Waals surface area contributed by atoms with Crippen LogP contribution in [0.15, 0.2) is 0 Å². The number of rotatable bonds is 4. The van der Waals surface area contributed by atoms with Crippen LogP contribution in [0.4, 0.5) is 0 Å². The molecule has 3 N–H and O–H groups in total. The van der Waals surface area contributed by atoms with Crippen molar-refractivity contribution in [3.8, 4) is 0 Å². The number of hydrogen-bond acceptors (Lipinski definition) is 3. The molecule has 0 radical (unpaired) electrons. The fourth-order valence-electron chi connectivity index (χ4n) is 2.98. The fourth-order valence-corrected chi connectivity index (χ4v) is 2.98. The van der Waals surface area contributed by atoms with E-state index in [4.69, 9.17) is 10.5 Å². The summed E-state index contributed by atoms with van der Waals surface area (Å²) >= 11 is 0. The summed E-state index contributed by atoms with van der Waals surface area (Å²) < 4.78 is 5.35. The summed E-state index contributed by atoms with van der Waals surface area (Å²) in [5.41, 5.74) is 5.78. The Balaban J connectivity index is 1.82. The van der Waals surface area contributed by atoms with Gasteiger partial charge in [0.1, 0.15) is 0 Å². The van der Waals surface area contributed by atoms with Crippen LogP contribution in [0.3, 0.4) is 0 Å². The monoisotopic (exact) mass is 240 g/mol. The Morgan fingerprint density at radius 1 is 1.29 bits per heavy atom. The molecule has 2 rings (SSSR count). The maximum atomic E-state index is 12.1. The minimum Gasteiger partial charge on any atom is -0.381 e. The van der Waals surface area contributed by atoms with Crippen molar-refractivity contribution in [1.82, 2.24) is 5.32 Å². The lowest BCUT2D eigenvalue weighted by Crippen LogP contribution is -2.48. The smallest absolute Gasteiger partial charge is 0.225 e. The molecule has 1 amide bonds. The summed E-state index contributed by atoms with van der Waals surface area (Å²) in [5.74, 6) is 0.778. The van der Waals surface area contributed by atoms with Gasteiger partial charge in [-0.2, -0.15) is 0 Å². The lowest BCUT2D eigenvalue weighted by molar-refractivity contribution is -0.130. The van der Waals surface area contributed by atoms with Crippen LogP contribution >= 0.6 is 0 Å². The second kappa shape index (κ2) is 6.36. The van der Waals surface area contributed by atoms with E-state index in [1.54, 1.807) is 0 Å². The quantitative estimate of drug-likeness (QED) is 0.772. The Labute approximate surface area is 103 Å². The Morgan fingerprint density at radius 3 is 2.65 bits per heavy atom. The third-order valence-corrected chi connectivity index (χ3v) is 4.08. The van der Waals surface area contributed by atoms with E-state index in [0.29, 0.717) is 19.1 Å². The van der Waals surface area contributed by atoms with Crippen LogP contribution in [0.1, 0.15) is 38.5 Å². The highest BCUT2D eigenvalue weighted by molar-refractivity contribution is 5.79. The molecule has 98 valence electrons. The van der Waals surface area contributed by atoms with Gasteiger partial charge in [0.2, 0.25) is 5.91 Å². The first-order chi connectivity index (χ1) is 8.31. The minimum absolute atomic E-state index is 0.0409. The number of amides is 1. The molecule has 4 nitrogen and oxygen atoms in total. The van der Waals surface area contributed by atoms with E-state index in [-0.39, 0.29) is 17.9 Å². The molecule has 2 aliphatic rings. The topological polar surface area (TPSA) is 64.3 Å². The zero-order valence-electron chi connectivity index (χ0n) is 10.5. The molecule has 0 bridgehead atoms. The van der Waals surface area contributed by atoms with Gasteiger partial charge in [0.25, 0.3) is 0 Å². The van der Waals surface area contributed by atoms with E-state index in [2.05, 4.69) is 5.32 Å². The Hall–Kier alpha value is -0.610. The molecular weight excluding hydrogens is 216 g/mol. The summed E-state index contributed by atoms with van der Waals surface area (Å²) in [7, 11) is 0. The van der Waals surface area contributed by atoms with Gasteiger partial charge in [-0.05, 0) is 31.6 Å². The number of hydrogen-bond donors (Lipinski definition) is 2. The summed E-state index contributed by atoms with van der Waals surface area (Å²) in [5, 5.41) is 3.13. The summed E-state index contributed by atoms with van der Waals surface area (Å²) in [6.45, 7) is 1.94. The molecule has 2 atom stereocenters. The zero-order chi connectivity index (χ0) is 12.1. The average molecular weight is 240 g/mol. The van der Waals surface area contributed by atoms with Crippen molar-refractivity contribution in [1.29, 1.82) is 0 Å². The minimum atomic E-state index is 0.0409. The van der Waals surface area contributed by atoms with Gasteiger partial charge in [-0.1, -0.05) is 12.8 Å². The Kier molecular flexibility index (Phi) is 4.80. The molecule has 1 saturated carbocycles. The predicted molar refractivity (Wildman–Crippen MR) is 66.5 cm³/mol. The third-order valence-electron chi connectivity index (χ3n) is 4.08. The number of nitrogens with two attached hydrogens (primary N) is 1. The zero-order valence-corrected chi connectivity index (χ0v) is 10.5. The van der Waals surface area contributed by atoms with Crippen molar-refractivity contribution < 1.29 is 9.53 Å². The maximum absolute atomic E-state index is 12.1. The number of nitrogens with one attached hydrogen (secondary N) is 1. The normalized spacial score (nSPS) is 27.9. The van der Waals surface area contributed by atoms with Crippen LogP contribution in [-0.2, 0) is 9.53 Å². The molecule has 2 fully saturated rings. The van der Waals surface area contributed by atoms with Crippen molar-refractivity contribution >= 4 is 5.91 Å². The first-order valence-corrected chi connectivity index (χ1v) is 6.89.